The van der Waals surface area contributed by atoms with Crippen molar-refractivity contribution in [1.29, 1.82) is 5.26 Å². The third kappa shape index (κ3) is 2.69. The first-order valence-corrected chi connectivity index (χ1v) is 8.08. The molecule has 1 aromatic carbocycles. The van der Waals surface area contributed by atoms with Gasteiger partial charge in [-0.2, -0.15) is 10.4 Å². The number of benzene rings is 1. The maximum Gasteiger partial charge on any atom is 0.267 e. The van der Waals surface area contributed by atoms with Crippen molar-refractivity contribution in [3.05, 3.63) is 70.2 Å². The standard InChI is InChI=1S/C19H19N3O4/c1-4-9-22-16(23)8-6-14(21-22)17-13-10-12(11-20)5-7-15(13)26-18(2,3)19(17,24)25/h4-8,10,17,24-25H,1,9H2,2-3H3. The van der Waals surface area contributed by atoms with Crippen molar-refractivity contribution in [3.8, 4) is 11.8 Å². The number of hydrogen-bond acceptors (Lipinski definition) is 6. The van der Waals surface area contributed by atoms with Crippen LogP contribution in [0.4, 0.5) is 0 Å². The van der Waals surface area contributed by atoms with E-state index in [-0.39, 0.29) is 17.8 Å². The third-order valence-corrected chi connectivity index (χ3v) is 4.59. The summed E-state index contributed by atoms with van der Waals surface area (Å²) in [7, 11) is 0. The van der Waals surface area contributed by atoms with E-state index in [9.17, 15) is 20.3 Å². The molecule has 0 bridgehead atoms. The fraction of sp³-hybridized carbons (Fsp3) is 0.316. The van der Waals surface area contributed by atoms with Gasteiger partial charge >= 0.3 is 0 Å². The summed E-state index contributed by atoms with van der Waals surface area (Å²) in [5, 5.41) is 35.3. The molecule has 0 fully saturated rings. The van der Waals surface area contributed by atoms with E-state index in [2.05, 4.69) is 11.7 Å². The highest BCUT2D eigenvalue weighted by atomic mass is 16.6. The maximum absolute atomic E-state index is 11.9. The summed E-state index contributed by atoms with van der Waals surface area (Å²) in [6.07, 6.45) is 1.53. The van der Waals surface area contributed by atoms with Crippen molar-refractivity contribution in [2.24, 2.45) is 0 Å². The van der Waals surface area contributed by atoms with E-state index in [0.29, 0.717) is 16.9 Å². The second kappa shape index (κ2) is 6.09. The van der Waals surface area contributed by atoms with Crippen molar-refractivity contribution >= 4 is 0 Å². The van der Waals surface area contributed by atoms with Gasteiger partial charge in [-0.05, 0) is 38.1 Å². The predicted octanol–water partition coefficient (Wildman–Crippen LogP) is 1.28. The van der Waals surface area contributed by atoms with Crippen LogP contribution < -0.4 is 10.3 Å². The van der Waals surface area contributed by atoms with E-state index in [0.717, 1.165) is 0 Å². The van der Waals surface area contributed by atoms with Gasteiger partial charge in [0.15, 0.2) is 5.60 Å². The first-order chi connectivity index (χ1) is 12.2. The van der Waals surface area contributed by atoms with E-state index < -0.39 is 17.3 Å². The van der Waals surface area contributed by atoms with Crippen molar-refractivity contribution < 1.29 is 14.9 Å². The number of nitrogens with zero attached hydrogens (tertiary/aromatic N) is 3. The highest BCUT2D eigenvalue weighted by Crippen LogP contribution is 2.48. The summed E-state index contributed by atoms with van der Waals surface area (Å²) < 4.78 is 6.95. The Morgan fingerprint density at radius 2 is 2.12 bits per heavy atom. The molecule has 1 aliphatic heterocycles. The topological polar surface area (TPSA) is 108 Å². The van der Waals surface area contributed by atoms with Gasteiger partial charge in [0, 0.05) is 11.6 Å². The van der Waals surface area contributed by atoms with Gasteiger partial charge in [-0.1, -0.05) is 6.08 Å². The summed E-state index contributed by atoms with van der Waals surface area (Å²) in [5.74, 6) is -2.90. The first kappa shape index (κ1) is 17.9. The van der Waals surface area contributed by atoms with Crippen LogP contribution in [0.25, 0.3) is 0 Å². The molecule has 1 aliphatic rings. The van der Waals surface area contributed by atoms with Crippen molar-refractivity contribution in [3.63, 3.8) is 0 Å². The summed E-state index contributed by atoms with van der Waals surface area (Å²) >= 11 is 0. The largest absolute Gasteiger partial charge is 0.482 e. The molecule has 2 heterocycles. The molecule has 7 nitrogen and oxygen atoms in total. The quantitative estimate of drug-likeness (QED) is 0.636. The zero-order chi connectivity index (χ0) is 19.1. The van der Waals surface area contributed by atoms with Gasteiger partial charge in [0.25, 0.3) is 5.56 Å². The molecule has 0 aliphatic carbocycles. The van der Waals surface area contributed by atoms with Gasteiger partial charge in [-0.3, -0.25) is 4.79 Å². The monoisotopic (exact) mass is 353 g/mol. The number of rotatable bonds is 3. The van der Waals surface area contributed by atoms with Crippen LogP contribution >= 0.6 is 0 Å². The average Bonchev–Trinajstić information content (AvgIpc) is 2.58. The molecule has 134 valence electrons. The van der Waals surface area contributed by atoms with E-state index in [1.54, 1.807) is 32.0 Å². The molecule has 2 aromatic rings. The maximum atomic E-state index is 11.9. The molecular weight excluding hydrogens is 334 g/mol. The molecule has 7 heteroatoms. The Kier molecular flexibility index (Phi) is 4.18. The number of hydrogen-bond donors (Lipinski definition) is 2. The Hall–Kier alpha value is -2.95. The highest BCUT2D eigenvalue weighted by Gasteiger charge is 2.56. The van der Waals surface area contributed by atoms with Gasteiger partial charge in [0.1, 0.15) is 5.75 Å². The Balaban J connectivity index is 2.27. The molecule has 0 saturated heterocycles. The normalized spacial score (nSPS) is 19.7. The van der Waals surface area contributed by atoms with E-state index in [4.69, 9.17) is 4.74 Å². The van der Waals surface area contributed by atoms with Gasteiger partial charge in [0.05, 0.1) is 29.8 Å². The molecule has 0 spiro atoms. The van der Waals surface area contributed by atoms with Gasteiger partial charge in [-0.15, -0.1) is 6.58 Å². The molecule has 1 aromatic heterocycles. The molecular formula is C19H19N3O4. The average molecular weight is 353 g/mol. The van der Waals surface area contributed by atoms with Crippen molar-refractivity contribution in [1.82, 2.24) is 9.78 Å². The molecule has 1 atom stereocenters. The van der Waals surface area contributed by atoms with E-state index in [1.807, 2.05) is 6.07 Å². The predicted molar refractivity (Wildman–Crippen MR) is 93.6 cm³/mol. The van der Waals surface area contributed by atoms with Crippen molar-refractivity contribution in [2.75, 3.05) is 0 Å². The number of fused-ring (bicyclic) bond motifs is 1. The number of nitriles is 1. The molecule has 1 unspecified atom stereocenters. The van der Waals surface area contributed by atoms with Crippen LogP contribution in [-0.2, 0) is 6.54 Å². The van der Waals surface area contributed by atoms with Crippen LogP contribution in [-0.4, -0.2) is 31.4 Å². The van der Waals surface area contributed by atoms with Crippen LogP contribution in [0, 0.1) is 11.3 Å². The molecule has 3 rings (SSSR count). The summed E-state index contributed by atoms with van der Waals surface area (Å²) in [6.45, 7) is 6.90. The fourth-order valence-corrected chi connectivity index (χ4v) is 3.09. The van der Waals surface area contributed by atoms with Crippen LogP contribution in [0.1, 0.15) is 36.6 Å². The molecule has 2 N–H and O–H groups in total. The van der Waals surface area contributed by atoms with E-state index in [1.165, 1.54) is 22.9 Å². The highest BCUT2D eigenvalue weighted by molar-refractivity contribution is 5.50. The minimum absolute atomic E-state index is 0.189. The SMILES string of the molecule is C=CCn1nc(C2c3cc(C#N)ccc3OC(C)(C)C2(O)O)ccc1=O. The lowest BCUT2D eigenvalue weighted by Crippen LogP contribution is -2.60. The second-order valence-corrected chi connectivity index (χ2v) is 6.70. The number of allylic oxidation sites excluding steroid dienone is 1. The number of ether oxygens (including phenoxy) is 1. The summed E-state index contributed by atoms with van der Waals surface area (Å²) in [4.78, 5) is 11.9. The molecule has 26 heavy (non-hydrogen) atoms. The first-order valence-electron chi connectivity index (χ1n) is 8.08. The lowest BCUT2D eigenvalue weighted by atomic mass is 9.76. The molecule has 0 amide bonds. The molecule has 0 saturated carbocycles. The van der Waals surface area contributed by atoms with Gasteiger partial charge in [0.2, 0.25) is 5.79 Å². The van der Waals surface area contributed by atoms with Gasteiger partial charge < -0.3 is 14.9 Å². The lowest BCUT2D eigenvalue weighted by Gasteiger charge is -2.47. The Bertz CT molecular complexity index is 969. The van der Waals surface area contributed by atoms with E-state index >= 15 is 0 Å². The zero-order valence-electron chi connectivity index (χ0n) is 14.5. The lowest BCUT2D eigenvalue weighted by molar-refractivity contribution is -0.269. The minimum atomic E-state index is -2.32. The minimum Gasteiger partial charge on any atom is -0.482 e. The smallest absolute Gasteiger partial charge is 0.267 e. The fourth-order valence-electron chi connectivity index (χ4n) is 3.09. The third-order valence-electron chi connectivity index (χ3n) is 4.59. The summed E-state index contributed by atoms with van der Waals surface area (Å²) in [6, 6.07) is 9.57. The Morgan fingerprint density at radius 1 is 1.38 bits per heavy atom. The Morgan fingerprint density at radius 3 is 2.77 bits per heavy atom. The van der Waals surface area contributed by atoms with Crippen LogP contribution in [0.5, 0.6) is 5.75 Å². The number of aliphatic hydroxyl groups is 2. The Labute approximate surface area is 150 Å². The van der Waals surface area contributed by atoms with Gasteiger partial charge in [-0.25, -0.2) is 4.68 Å². The van der Waals surface area contributed by atoms with Crippen LogP contribution in [0.15, 0.2) is 47.8 Å². The summed E-state index contributed by atoms with van der Waals surface area (Å²) in [5.41, 5.74) is -0.617. The van der Waals surface area contributed by atoms with Crippen molar-refractivity contribution in [2.45, 2.75) is 37.7 Å². The molecule has 0 radical (unpaired) electrons. The van der Waals surface area contributed by atoms with Crippen LogP contribution in [0.2, 0.25) is 0 Å². The zero-order valence-corrected chi connectivity index (χ0v) is 14.5. The second-order valence-electron chi connectivity index (χ2n) is 6.70. The van der Waals surface area contributed by atoms with Crippen LogP contribution in [0.3, 0.4) is 0 Å². The number of aromatic nitrogens is 2.